The van der Waals surface area contributed by atoms with Crippen molar-refractivity contribution < 1.29 is 29.0 Å². The molecular weight excluding hydrogens is 512 g/mol. The van der Waals surface area contributed by atoms with Crippen LogP contribution in [0.5, 0.6) is 5.75 Å². The Labute approximate surface area is 231 Å². The first-order chi connectivity index (χ1) is 19.5. The topological polar surface area (TPSA) is 129 Å². The molecule has 2 aromatic carbocycles. The highest BCUT2D eigenvalue weighted by molar-refractivity contribution is 5.98. The first-order valence-electron chi connectivity index (χ1n) is 13.9. The van der Waals surface area contributed by atoms with E-state index in [-0.39, 0.29) is 24.8 Å². The lowest BCUT2D eigenvalue weighted by molar-refractivity contribution is -0.118. The second kappa shape index (κ2) is 10.9. The summed E-state index contributed by atoms with van der Waals surface area (Å²) in [5.41, 5.74) is 0.656. The number of nitrogens with zero attached hydrogens (tertiary/aromatic N) is 1. The monoisotopic (exact) mass is 544 g/mol. The van der Waals surface area contributed by atoms with Crippen LogP contribution in [0.2, 0.25) is 0 Å². The van der Waals surface area contributed by atoms with E-state index in [1.54, 1.807) is 41.3 Å². The van der Waals surface area contributed by atoms with Crippen LogP contribution >= 0.6 is 0 Å². The quantitative estimate of drug-likeness (QED) is 0.407. The minimum Gasteiger partial charge on any atom is -0.486 e. The van der Waals surface area contributed by atoms with Crippen LogP contribution in [0.1, 0.15) is 53.9 Å². The average molecular weight is 545 g/mol. The molecule has 1 saturated carbocycles. The molecule has 9 heteroatoms. The SMILES string of the molecule is O=C(NCCO)C1=C[C@@H](N(C(=O)c2cc3ccccc3oc2=O)C2CCCCC2)[C@H](O)[C@H]2Oc3ccccc3[C@@H]12. The molecule has 0 spiro atoms. The van der Waals surface area contributed by atoms with E-state index >= 15 is 0 Å². The van der Waals surface area contributed by atoms with Crippen molar-refractivity contribution >= 4 is 22.8 Å². The number of amides is 2. The van der Waals surface area contributed by atoms with Crippen molar-refractivity contribution in [3.05, 3.63) is 87.8 Å². The van der Waals surface area contributed by atoms with Crippen molar-refractivity contribution in [2.24, 2.45) is 0 Å². The second-order valence-corrected chi connectivity index (χ2v) is 10.7. The minimum absolute atomic E-state index is 0.0622. The van der Waals surface area contributed by atoms with Crippen molar-refractivity contribution in [1.29, 1.82) is 0 Å². The number of aliphatic hydroxyl groups is 2. The van der Waals surface area contributed by atoms with Crippen LogP contribution in [-0.2, 0) is 4.79 Å². The maximum Gasteiger partial charge on any atom is 0.349 e. The third-order valence-corrected chi connectivity index (χ3v) is 8.27. The molecule has 3 aliphatic rings. The standard InChI is InChI=1S/C31H32N2O7/c34-15-14-32-29(36)21-17-23(27(35)28-26(21)20-11-5-7-13-25(20)39-28)33(19-9-2-1-3-10-19)30(37)22-16-18-8-4-6-12-24(18)40-31(22)38/h4-8,11-13,16-17,19,23,26-28,34-35H,1-3,9-10,14-15H2,(H,32,36)/t23-,26+,27+,28+/m1/s1. The summed E-state index contributed by atoms with van der Waals surface area (Å²) in [6, 6.07) is 14.7. The highest BCUT2D eigenvalue weighted by Crippen LogP contribution is 2.47. The first-order valence-corrected chi connectivity index (χ1v) is 13.9. The zero-order valence-corrected chi connectivity index (χ0v) is 22.0. The highest BCUT2D eigenvalue weighted by atomic mass is 16.5. The number of rotatable bonds is 6. The molecule has 3 N–H and O–H groups in total. The maximum atomic E-state index is 14.3. The first kappa shape index (κ1) is 26.3. The lowest BCUT2D eigenvalue weighted by Gasteiger charge is -2.45. The van der Waals surface area contributed by atoms with Gasteiger partial charge in [-0.25, -0.2) is 4.79 Å². The molecule has 0 bridgehead atoms. The largest absolute Gasteiger partial charge is 0.486 e. The molecule has 40 heavy (non-hydrogen) atoms. The second-order valence-electron chi connectivity index (χ2n) is 10.7. The fraction of sp³-hybridized carbons (Fsp3) is 0.387. The van der Waals surface area contributed by atoms with Gasteiger partial charge in [-0.05, 0) is 37.1 Å². The summed E-state index contributed by atoms with van der Waals surface area (Å²) >= 11 is 0. The van der Waals surface area contributed by atoms with Gasteiger partial charge >= 0.3 is 5.63 Å². The van der Waals surface area contributed by atoms with Crippen molar-refractivity contribution in [2.75, 3.05) is 13.2 Å². The van der Waals surface area contributed by atoms with Gasteiger partial charge in [-0.2, -0.15) is 0 Å². The molecule has 2 aliphatic carbocycles. The number of aliphatic hydroxyl groups excluding tert-OH is 2. The molecule has 1 aromatic heterocycles. The summed E-state index contributed by atoms with van der Waals surface area (Å²) < 4.78 is 11.7. The van der Waals surface area contributed by atoms with Gasteiger partial charge in [0.1, 0.15) is 29.1 Å². The van der Waals surface area contributed by atoms with Crippen LogP contribution < -0.4 is 15.7 Å². The summed E-state index contributed by atoms with van der Waals surface area (Å²) in [4.78, 5) is 42.3. The van der Waals surface area contributed by atoms with Gasteiger partial charge in [-0.1, -0.05) is 55.7 Å². The highest BCUT2D eigenvalue weighted by Gasteiger charge is 2.51. The number of ether oxygens (including phenoxy) is 1. The fourth-order valence-corrected chi connectivity index (χ4v) is 6.42. The van der Waals surface area contributed by atoms with Crippen LogP contribution in [0.3, 0.4) is 0 Å². The number of para-hydroxylation sites is 2. The summed E-state index contributed by atoms with van der Waals surface area (Å²) in [7, 11) is 0. The molecule has 6 rings (SSSR count). The molecule has 208 valence electrons. The lowest BCUT2D eigenvalue weighted by atomic mass is 9.76. The van der Waals surface area contributed by atoms with E-state index in [4.69, 9.17) is 9.15 Å². The van der Waals surface area contributed by atoms with Gasteiger partial charge in [0.15, 0.2) is 0 Å². The van der Waals surface area contributed by atoms with Crippen LogP contribution in [0, 0.1) is 0 Å². The predicted octanol–water partition coefficient (Wildman–Crippen LogP) is 2.89. The Morgan fingerprint density at radius 1 is 1.02 bits per heavy atom. The summed E-state index contributed by atoms with van der Waals surface area (Å²) in [6.45, 7) is -0.163. The van der Waals surface area contributed by atoms with Crippen molar-refractivity contribution in [3.8, 4) is 5.75 Å². The third kappa shape index (κ3) is 4.59. The molecular formula is C31H32N2O7. The molecule has 2 amide bonds. The Hall–Kier alpha value is -3.95. The third-order valence-electron chi connectivity index (χ3n) is 8.27. The number of carbonyl (C=O) groups is 2. The summed E-state index contributed by atoms with van der Waals surface area (Å²) in [5, 5.41) is 24.5. The minimum atomic E-state index is -1.16. The summed E-state index contributed by atoms with van der Waals surface area (Å²) in [5.74, 6) is -0.919. The fourth-order valence-electron chi connectivity index (χ4n) is 6.42. The average Bonchev–Trinajstić information content (AvgIpc) is 3.37. The Kier molecular flexibility index (Phi) is 7.16. The number of nitrogens with one attached hydrogen (secondary N) is 1. The van der Waals surface area contributed by atoms with Gasteiger partial charge in [0.25, 0.3) is 5.91 Å². The van der Waals surface area contributed by atoms with Gasteiger partial charge in [0, 0.05) is 29.1 Å². The van der Waals surface area contributed by atoms with E-state index in [1.165, 1.54) is 6.07 Å². The number of carbonyl (C=O) groups excluding carboxylic acids is 2. The van der Waals surface area contributed by atoms with E-state index in [0.717, 1.165) is 24.8 Å². The Bertz CT molecular complexity index is 1520. The van der Waals surface area contributed by atoms with E-state index < -0.39 is 41.6 Å². The molecule has 1 aliphatic heterocycles. The number of fused-ring (bicyclic) bond motifs is 4. The smallest absolute Gasteiger partial charge is 0.349 e. The van der Waals surface area contributed by atoms with Crippen molar-refractivity contribution in [1.82, 2.24) is 10.2 Å². The van der Waals surface area contributed by atoms with E-state index in [2.05, 4.69) is 5.32 Å². The Balaban J connectivity index is 1.46. The van der Waals surface area contributed by atoms with E-state index in [0.29, 0.717) is 35.1 Å². The molecule has 0 unspecified atom stereocenters. The number of benzene rings is 2. The Morgan fingerprint density at radius 3 is 2.58 bits per heavy atom. The number of hydrogen-bond donors (Lipinski definition) is 3. The van der Waals surface area contributed by atoms with Gasteiger partial charge in [0.2, 0.25) is 5.91 Å². The van der Waals surface area contributed by atoms with Crippen molar-refractivity contribution in [3.63, 3.8) is 0 Å². The Morgan fingerprint density at radius 2 is 1.77 bits per heavy atom. The zero-order chi connectivity index (χ0) is 27.8. The molecule has 0 saturated heterocycles. The predicted molar refractivity (Wildman–Crippen MR) is 147 cm³/mol. The molecule has 9 nitrogen and oxygen atoms in total. The van der Waals surface area contributed by atoms with E-state index in [9.17, 15) is 24.6 Å². The normalized spacial score (nSPS) is 24.0. The molecule has 1 fully saturated rings. The molecule has 2 heterocycles. The molecule has 4 atom stereocenters. The lowest BCUT2D eigenvalue weighted by Crippen LogP contribution is -2.59. The van der Waals surface area contributed by atoms with Gasteiger partial charge in [0.05, 0.1) is 18.6 Å². The van der Waals surface area contributed by atoms with Crippen LogP contribution in [0.4, 0.5) is 0 Å². The van der Waals surface area contributed by atoms with Crippen LogP contribution in [0.25, 0.3) is 11.0 Å². The maximum absolute atomic E-state index is 14.3. The molecule has 3 aromatic rings. The van der Waals surface area contributed by atoms with Crippen LogP contribution in [0.15, 0.2) is 75.5 Å². The van der Waals surface area contributed by atoms with Gasteiger partial charge < -0.3 is 29.6 Å². The summed E-state index contributed by atoms with van der Waals surface area (Å²) in [6.07, 6.45) is 3.96. The van der Waals surface area contributed by atoms with Crippen molar-refractivity contribution in [2.45, 2.75) is 62.3 Å². The van der Waals surface area contributed by atoms with E-state index in [1.807, 2.05) is 18.2 Å². The van der Waals surface area contributed by atoms with Gasteiger partial charge in [-0.3, -0.25) is 9.59 Å². The molecule has 0 radical (unpaired) electrons. The van der Waals surface area contributed by atoms with Crippen LogP contribution in [-0.4, -0.2) is 64.4 Å². The van der Waals surface area contributed by atoms with Gasteiger partial charge in [-0.15, -0.1) is 0 Å². The number of hydrogen-bond acceptors (Lipinski definition) is 7. The zero-order valence-electron chi connectivity index (χ0n) is 22.0.